The Bertz CT molecular complexity index is 256. The van der Waals surface area contributed by atoms with E-state index >= 15 is 0 Å². The number of carbonyl (C=O) groups excluding carboxylic acids is 1. The highest BCUT2D eigenvalue weighted by Crippen LogP contribution is 2.04. The van der Waals surface area contributed by atoms with Gasteiger partial charge in [-0.1, -0.05) is 46.0 Å². The number of rotatable bonds is 10. The minimum Gasteiger partial charge on any atom is -0.480 e. The molecule has 20 heavy (non-hydrogen) atoms. The van der Waals surface area contributed by atoms with E-state index < -0.39 is 5.97 Å². The van der Waals surface area contributed by atoms with Crippen LogP contribution < -0.4 is 5.73 Å². The summed E-state index contributed by atoms with van der Waals surface area (Å²) >= 11 is 0. The molecule has 0 aliphatic rings. The first kappa shape index (κ1) is 21.2. The van der Waals surface area contributed by atoms with Crippen LogP contribution in [-0.4, -0.2) is 42.0 Å². The molecule has 1 unspecified atom stereocenters. The Kier molecular flexibility index (Phi) is 15.2. The van der Waals surface area contributed by atoms with E-state index in [1.54, 1.807) is 19.0 Å². The van der Waals surface area contributed by atoms with Crippen molar-refractivity contribution in [3.63, 3.8) is 0 Å². The van der Waals surface area contributed by atoms with Crippen LogP contribution in [0.4, 0.5) is 0 Å². The molecule has 0 aromatic carbocycles. The van der Waals surface area contributed by atoms with Crippen molar-refractivity contribution in [3.05, 3.63) is 0 Å². The largest absolute Gasteiger partial charge is 0.480 e. The predicted molar refractivity (Wildman–Crippen MR) is 82.6 cm³/mol. The van der Waals surface area contributed by atoms with Crippen molar-refractivity contribution in [2.45, 2.75) is 71.3 Å². The molecule has 1 amide bonds. The number of hydrogen-bond acceptors (Lipinski definition) is 3. The lowest BCUT2D eigenvalue weighted by molar-refractivity contribution is -0.142. The standard InChI is InChI=1S/C8H17NO.C7H15NO2/c1-2-3-4-5-6-7-8(9)10;1-4-5-6(7(9)10)8(2)3/h2-7H2,1H3,(H2,9,10);6H,4-5H2,1-3H3,(H,9,10). The fourth-order valence-corrected chi connectivity index (χ4v) is 1.78. The summed E-state index contributed by atoms with van der Waals surface area (Å²) in [5, 5.41) is 8.63. The monoisotopic (exact) mass is 288 g/mol. The Morgan fingerprint density at radius 1 is 1.05 bits per heavy atom. The molecule has 0 spiro atoms. The van der Waals surface area contributed by atoms with E-state index in [9.17, 15) is 9.59 Å². The molecule has 0 rings (SSSR count). The van der Waals surface area contributed by atoms with Gasteiger partial charge in [-0.3, -0.25) is 14.5 Å². The van der Waals surface area contributed by atoms with Crippen molar-refractivity contribution in [3.8, 4) is 0 Å². The number of nitrogens with zero attached hydrogens (tertiary/aromatic N) is 1. The smallest absolute Gasteiger partial charge is 0.320 e. The van der Waals surface area contributed by atoms with E-state index in [0.29, 0.717) is 6.42 Å². The maximum Gasteiger partial charge on any atom is 0.320 e. The number of carbonyl (C=O) groups is 2. The molecule has 0 saturated carbocycles. The van der Waals surface area contributed by atoms with E-state index in [2.05, 4.69) is 6.92 Å². The quantitative estimate of drug-likeness (QED) is 0.605. The van der Waals surface area contributed by atoms with Gasteiger partial charge < -0.3 is 10.8 Å². The number of amides is 1. The van der Waals surface area contributed by atoms with Gasteiger partial charge in [0, 0.05) is 6.42 Å². The van der Waals surface area contributed by atoms with Crippen molar-refractivity contribution in [2.75, 3.05) is 14.1 Å². The van der Waals surface area contributed by atoms with Crippen LogP contribution in [0.25, 0.3) is 0 Å². The third kappa shape index (κ3) is 15.0. The lowest BCUT2D eigenvalue weighted by Crippen LogP contribution is -2.35. The van der Waals surface area contributed by atoms with Gasteiger partial charge >= 0.3 is 5.97 Å². The first-order valence-corrected chi connectivity index (χ1v) is 7.54. The fourth-order valence-electron chi connectivity index (χ4n) is 1.78. The molecule has 0 heterocycles. The van der Waals surface area contributed by atoms with E-state index in [0.717, 1.165) is 25.7 Å². The van der Waals surface area contributed by atoms with Gasteiger partial charge in [0.05, 0.1) is 0 Å². The maximum absolute atomic E-state index is 10.5. The Morgan fingerprint density at radius 2 is 1.60 bits per heavy atom. The zero-order valence-electron chi connectivity index (χ0n) is 13.5. The van der Waals surface area contributed by atoms with Gasteiger partial charge in [-0.05, 0) is 26.9 Å². The van der Waals surface area contributed by atoms with Gasteiger partial charge in [0.15, 0.2) is 0 Å². The minimum absolute atomic E-state index is 0.170. The number of carboxylic acids is 1. The van der Waals surface area contributed by atoms with Crippen LogP contribution in [0.5, 0.6) is 0 Å². The molecule has 0 aromatic heterocycles. The first-order chi connectivity index (χ1) is 9.36. The summed E-state index contributed by atoms with van der Waals surface area (Å²) in [7, 11) is 3.57. The number of primary amides is 1. The Labute approximate surface area is 123 Å². The van der Waals surface area contributed by atoms with Crippen molar-refractivity contribution in [1.82, 2.24) is 4.90 Å². The SMILES string of the molecule is CCCC(C(=O)O)N(C)C.CCCCCCCC(N)=O. The summed E-state index contributed by atoms with van der Waals surface area (Å²) in [6.07, 6.45) is 8.08. The van der Waals surface area contributed by atoms with Crippen LogP contribution in [0.1, 0.15) is 65.2 Å². The second-order valence-corrected chi connectivity index (χ2v) is 5.24. The molecular formula is C15H32N2O3. The Balaban J connectivity index is 0. The van der Waals surface area contributed by atoms with Crippen LogP contribution in [0, 0.1) is 0 Å². The van der Waals surface area contributed by atoms with Crippen molar-refractivity contribution in [1.29, 1.82) is 0 Å². The molecular weight excluding hydrogens is 256 g/mol. The van der Waals surface area contributed by atoms with Crippen LogP contribution in [-0.2, 0) is 9.59 Å². The highest BCUT2D eigenvalue weighted by Gasteiger charge is 2.17. The normalized spacial score (nSPS) is 11.7. The third-order valence-electron chi connectivity index (χ3n) is 3.00. The molecule has 0 aliphatic carbocycles. The number of hydrogen-bond donors (Lipinski definition) is 2. The molecule has 0 radical (unpaired) electrons. The zero-order valence-corrected chi connectivity index (χ0v) is 13.5. The zero-order chi connectivity index (χ0) is 16.0. The predicted octanol–water partition coefficient (Wildman–Crippen LogP) is 2.63. The number of unbranched alkanes of at least 4 members (excludes halogenated alkanes) is 4. The third-order valence-corrected chi connectivity index (χ3v) is 3.00. The van der Waals surface area contributed by atoms with Crippen LogP contribution >= 0.6 is 0 Å². The summed E-state index contributed by atoms with van der Waals surface area (Å²) in [4.78, 5) is 22.5. The van der Waals surface area contributed by atoms with Crippen molar-refractivity contribution < 1.29 is 14.7 Å². The molecule has 1 atom stereocenters. The number of nitrogens with two attached hydrogens (primary N) is 1. The topological polar surface area (TPSA) is 83.6 Å². The molecule has 0 aromatic rings. The van der Waals surface area contributed by atoms with E-state index in [1.807, 2.05) is 6.92 Å². The maximum atomic E-state index is 10.5. The van der Waals surface area contributed by atoms with Gasteiger partial charge in [-0.15, -0.1) is 0 Å². The van der Waals surface area contributed by atoms with Gasteiger partial charge in [0.25, 0.3) is 0 Å². The van der Waals surface area contributed by atoms with Gasteiger partial charge in [-0.2, -0.15) is 0 Å². The van der Waals surface area contributed by atoms with E-state index in [-0.39, 0.29) is 11.9 Å². The highest BCUT2D eigenvalue weighted by atomic mass is 16.4. The van der Waals surface area contributed by atoms with Gasteiger partial charge in [0.2, 0.25) is 5.91 Å². The second kappa shape index (κ2) is 14.3. The number of aliphatic carboxylic acids is 1. The molecule has 5 heteroatoms. The number of carboxylic acid groups (broad SMARTS) is 1. The molecule has 0 aliphatic heterocycles. The summed E-state index contributed by atoms with van der Waals surface area (Å²) in [6.45, 7) is 4.16. The van der Waals surface area contributed by atoms with Crippen LogP contribution in [0.3, 0.4) is 0 Å². The lowest BCUT2D eigenvalue weighted by atomic mass is 10.1. The molecule has 5 nitrogen and oxygen atoms in total. The lowest BCUT2D eigenvalue weighted by Gasteiger charge is -2.18. The minimum atomic E-state index is -0.730. The highest BCUT2D eigenvalue weighted by molar-refractivity contribution is 5.73. The van der Waals surface area contributed by atoms with Gasteiger partial charge in [-0.25, -0.2) is 0 Å². The molecule has 3 N–H and O–H groups in total. The van der Waals surface area contributed by atoms with Crippen LogP contribution in [0.15, 0.2) is 0 Å². The Hall–Kier alpha value is -1.10. The first-order valence-electron chi connectivity index (χ1n) is 7.54. The fraction of sp³-hybridized carbons (Fsp3) is 0.867. The van der Waals surface area contributed by atoms with Gasteiger partial charge in [0.1, 0.15) is 6.04 Å². The van der Waals surface area contributed by atoms with Crippen LogP contribution in [0.2, 0.25) is 0 Å². The summed E-state index contributed by atoms with van der Waals surface area (Å²) < 4.78 is 0. The molecule has 120 valence electrons. The van der Waals surface area contributed by atoms with E-state index in [1.165, 1.54) is 19.3 Å². The summed E-state index contributed by atoms with van der Waals surface area (Å²) in [6, 6.07) is -0.315. The average molecular weight is 288 g/mol. The molecule has 0 fully saturated rings. The second-order valence-electron chi connectivity index (χ2n) is 5.24. The van der Waals surface area contributed by atoms with E-state index in [4.69, 9.17) is 10.8 Å². The van der Waals surface area contributed by atoms with Crippen molar-refractivity contribution >= 4 is 11.9 Å². The number of likely N-dealkylation sites (N-methyl/N-ethyl adjacent to an activating group) is 1. The summed E-state index contributed by atoms with van der Waals surface area (Å²) in [5.41, 5.74) is 4.97. The average Bonchev–Trinajstić information content (AvgIpc) is 2.35. The summed E-state index contributed by atoms with van der Waals surface area (Å²) in [5.74, 6) is -0.900. The van der Waals surface area contributed by atoms with Crippen molar-refractivity contribution in [2.24, 2.45) is 5.73 Å². The molecule has 0 saturated heterocycles. The molecule has 0 bridgehead atoms. The Morgan fingerprint density at radius 3 is 1.90 bits per heavy atom.